The number of carbonyl (C=O) groups excluding carboxylic acids is 1. The van der Waals surface area contributed by atoms with Crippen LogP contribution in [0.1, 0.15) is 10.6 Å². The van der Waals surface area contributed by atoms with Crippen molar-refractivity contribution in [3.63, 3.8) is 0 Å². The number of aliphatic hydroxyl groups excluding tert-OH is 1. The van der Waals surface area contributed by atoms with Gasteiger partial charge < -0.3 is 20.1 Å². The first kappa shape index (κ1) is 19.1. The Morgan fingerprint density at radius 2 is 1.84 bits per heavy atom. The highest BCUT2D eigenvalue weighted by Crippen LogP contribution is 2.31. The molecule has 1 amide bonds. The number of aromatic nitrogens is 3. The second kappa shape index (κ2) is 7.73. The number of nitrogens with zero attached hydrogens (tertiary/aromatic N) is 4. The quantitative estimate of drug-likeness (QED) is 0.534. The molecule has 0 spiro atoms. The number of hydrogen-bond acceptors (Lipinski definition) is 6. The van der Waals surface area contributed by atoms with Gasteiger partial charge in [0.25, 0.3) is 5.91 Å². The topological polar surface area (TPSA) is 92.0 Å². The molecule has 0 radical (unpaired) electrons. The lowest BCUT2D eigenvalue weighted by atomic mass is 10.1. The predicted molar refractivity (Wildman–Crippen MR) is 116 cm³/mol. The molecule has 156 valence electrons. The summed E-state index contributed by atoms with van der Waals surface area (Å²) in [5, 5.41) is 18.0. The van der Waals surface area contributed by atoms with Gasteiger partial charge in [0, 0.05) is 12.6 Å². The third-order valence-electron chi connectivity index (χ3n) is 5.37. The fraction of sp³-hybridized carbons (Fsp3) is 0.174. The number of pyridine rings is 1. The van der Waals surface area contributed by atoms with Crippen LogP contribution in [-0.4, -0.2) is 51.5 Å². The number of amides is 1. The van der Waals surface area contributed by atoms with E-state index in [9.17, 15) is 9.90 Å². The lowest BCUT2D eigenvalue weighted by Gasteiger charge is -2.28. The molecule has 0 aliphatic carbocycles. The zero-order valence-corrected chi connectivity index (χ0v) is 16.8. The van der Waals surface area contributed by atoms with Crippen LogP contribution in [0, 0.1) is 0 Å². The summed E-state index contributed by atoms with van der Waals surface area (Å²) in [6, 6.07) is 22.1. The van der Waals surface area contributed by atoms with Crippen molar-refractivity contribution in [2.75, 3.05) is 18.6 Å². The number of ether oxygens (including phenoxy) is 1. The number of carbonyl (C=O) groups is 1. The van der Waals surface area contributed by atoms with Gasteiger partial charge >= 0.3 is 0 Å². The molecule has 2 aromatic heterocycles. The van der Waals surface area contributed by atoms with Gasteiger partial charge in [-0.15, -0.1) is 5.10 Å². The fourth-order valence-electron chi connectivity index (χ4n) is 3.73. The summed E-state index contributed by atoms with van der Waals surface area (Å²) >= 11 is 0. The minimum absolute atomic E-state index is 0.0278. The molecule has 4 aromatic rings. The van der Waals surface area contributed by atoms with Gasteiger partial charge in [-0.2, -0.15) is 0 Å². The van der Waals surface area contributed by atoms with Crippen LogP contribution in [-0.2, 0) is 0 Å². The van der Waals surface area contributed by atoms with E-state index in [1.165, 1.54) is 0 Å². The second-order valence-electron chi connectivity index (χ2n) is 7.37. The molecule has 0 fully saturated rings. The Balaban J connectivity index is 1.41. The van der Waals surface area contributed by atoms with Gasteiger partial charge in [0.05, 0.1) is 11.4 Å². The molecule has 2 aromatic carbocycles. The van der Waals surface area contributed by atoms with Crippen LogP contribution >= 0.6 is 0 Å². The van der Waals surface area contributed by atoms with Crippen molar-refractivity contribution in [1.29, 1.82) is 0 Å². The summed E-state index contributed by atoms with van der Waals surface area (Å²) in [6.45, 7) is 0.122. The average molecular weight is 415 g/mol. The smallest absolute Gasteiger partial charge is 0.291 e. The van der Waals surface area contributed by atoms with E-state index in [2.05, 4.69) is 15.4 Å². The lowest BCUT2D eigenvalue weighted by molar-refractivity contribution is 0.0763. The molecule has 5 rings (SSSR count). The van der Waals surface area contributed by atoms with Crippen molar-refractivity contribution < 1.29 is 14.6 Å². The summed E-state index contributed by atoms with van der Waals surface area (Å²) in [7, 11) is 1.76. The van der Waals surface area contributed by atoms with E-state index in [1.54, 1.807) is 22.5 Å². The molecule has 2 atom stereocenters. The maximum absolute atomic E-state index is 12.9. The lowest BCUT2D eigenvalue weighted by Crippen LogP contribution is -2.52. The minimum atomic E-state index is -0.968. The van der Waals surface area contributed by atoms with Gasteiger partial charge in [-0.3, -0.25) is 4.79 Å². The summed E-state index contributed by atoms with van der Waals surface area (Å²) in [5.74, 6) is 0.203. The monoisotopic (exact) mass is 415 g/mol. The molecular weight excluding hydrogens is 394 g/mol. The fourth-order valence-corrected chi connectivity index (χ4v) is 3.73. The Morgan fingerprint density at radius 1 is 1.06 bits per heavy atom. The van der Waals surface area contributed by atoms with E-state index in [0.717, 1.165) is 16.9 Å². The van der Waals surface area contributed by atoms with Crippen LogP contribution in [0.15, 0.2) is 72.8 Å². The van der Waals surface area contributed by atoms with Gasteiger partial charge in [0.1, 0.15) is 18.4 Å². The standard InChI is InChI=1S/C23H21N5O3/c1-27-18-10-5-6-12-19(18)31-14-16(23(27)30)24-22(29)21-25-20-13-7-11-17(28(20)26-21)15-8-3-2-4-9-15/h2-13,16,23,30H,14H2,1H3,(H,24,29)/t16-,23?/m0/s1. The van der Waals surface area contributed by atoms with E-state index in [0.29, 0.717) is 11.4 Å². The average Bonchev–Trinajstić information content (AvgIpc) is 3.22. The number of likely N-dealkylation sites (N-methyl/N-ethyl adjacent to an activating group) is 1. The number of nitrogens with one attached hydrogen (secondary N) is 1. The second-order valence-corrected chi connectivity index (χ2v) is 7.37. The Morgan fingerprint density at radius 3 is 2.68 bits per heavy atom. The third-order valence-corrected chi connectivity index (χ3v) is 5.37. The van der Waals surface area contributed by atoms with E-state index in [1.807, 2.05) is 66.7 Å². The Bertz CT molecular complexity index is 1240. The Labute approximate surface area is 178 Å². The largest absolute Gasteiger partial charge is 0.489 e. The van der Waals surface area contributed by atoms with Gasteiger partial charge in [-0.05, 0) is 24.3 Å². The van der Waals surface area contributed by atoms with Gasteiger partial charge in [0.15, 0.2) is 11.9 Å². The number of anilines is 1. The number of benzene rings is 2. The molecule has 31 heavy (non-hydrogen) atoms. The maximum atomic E-state index is 12.9. The molecule has 0 saturated carbocycles. The zero-order valence-electron chi connectivity index (χ0n) is 16.8. The number of fused-ring (bicyclic) bond motifs is 2. The first-order valence-corrected chi connectivity index (χ1v) is 9.96. The highest BCUT2D eigenvalue weighted by molar-refractivity contribution is 5.91. The summed E-state index contributed by atoms with van der Waals surface area (Å²) in [6.07, 6.45) is -0.968. The van der Waals surface area contributed by atoms with Crippen LogP contribution in [0.4, 0.5) is 5.69 Å². The van der Waals surface area contributed by atoms with Gasteiger partial charge in [-0.25, -0.2) is 9.50 Å². The molecule has 1 aliphatic rings. The number of hydrogen-bond donors (Lipinski definition) is 2. The predicted octanol–water partition coefficient (Wildman–Crippen LogP) is 2.34. The van der Waals surface area contributed by atoms with Crippen LogP contribution in [0.2, 0.25) is 0 Å². The molecule has 1 unspecified atom stereocenters. The first-order valence-electron chi connectivity index (χ1n) is 9.96. The molecule has 0 saturated heterocycles. The van der Waals surface area contributed by atoms with Crippen LogP contribution in [0.3, 0.4) is 0 Å². The van der Waals surface area contributed by atoms with Crippen molar-refractivity contribution in [2.24, 2.45) is 0 Å². The molecule has 8 nitrogen and oxygen atoms in total. The highest BCUT2D eigenvalue weighted by Gasteiger charge is 2.31. The molecule has 2 N–H and O–H groups in total. The van der Waals surface area contributed by atoms with Gasteiger partial charge in [-0.1, -0.05) is 48.5 Å². The van der Waals surface area contributed by atoms with Gasteiger partial charge in [0.2, 0.25) is 5.82 Å². The van der Waals surface area contributed by atoms with Crippen molar-refractivity contribution >= 4 is 17.2 Å². The van der Waals surface area contributed by atoms with Crippen molar-refractivity contribution in [3.05, 3.63) is 78.6 Å². The minimum Gasteiger partial charge on any atom is -0.489 e. The van der Waals surface area contributed by atoms with Crippen molar-refractivity contribution in [3.8, 4) is 17.0 Å². The third kappa shape index (κ3) is 3.47. The molecular formula is C23H21N5O3. The number of rotatable bonds is 3. The summed E-state index contributed by atoms with van der Waals surface area (Å²) in [5.41, 5.74) is 3.12. The first-order chi connectivity index (χ1) is 15.1. The molecule has 3 heterocycles. The summed E-state index contributed by atoms with van der Waals surface area (Å²) in [4.78, 5) is 19.0. The van der Waals surface area contributed by atoms with Crippen LogP contribution in [0.25, 0.3) is 16.9 Å². The highest BCUT2D eigenvalue weighted by atomic mass is 16.5. The Hall–Kier alpha value is -3.91. The normalized spacial score (nSPS) is 18.2. The molecule has 0 bridgehead atoms. The SMILES string of the molecule is CN1c2ccccc2OC[C@H](NC(=O)c2nc3cccc(-c4ccccc4)n3n2)C1O. The Kier molecular flexibility index (Phi) is 4.76. The number of aliphatic hydroxyl groups is 1. The maximum Gasteiger partial charge on any atom is 0.291 e. The van der Waals surface area contributed by atoms with Crippen LogP contribution < -0.4 is 15.0 Å². The van der Waals surface area contributed by atoms with Crippen LogP contribution in [0.5, 0.6) is 5.75 Å². The van der Waals surface area contributed by atoms with E-state index < -0.39 is 18.2 Å². The number of para-hydroxylation sites is 2. The zero-order chi connectivity index (χ0) is 21.4. The molecule has 1 aliphatic heterocycles. The van der Waals surface area contributed by atoms with Crippen molar-refractivity contribution in [2.45, 2.75) is 12.3 Å². The van der Waals surface area contributed by atoms with E-state index in [4.69, 9.17) is 4.74 Å². The summed E-state index contributed by atoms with van der Waals surface area (Å²) < 4.78 is 7.46. The van der Waals surface area contributed by atoms with E-state index in [-0.39, 0.29) is 12.4 Å². The van der Waals surface area contributed by atoms with Crippen molar-refractivity contribution in [1.82, 2.24) is 19.9 Å². The van der Waals surface area contributed by atoms with E-state index >= 15 is 0 Å². The molecule has 8 heteroatoms.